The smallest absolute Gasteiger partial charge is 0.305 e. The average Bonchev–Trinajstić information content (AvgIpc) is 2.76. The molecule has 0 aromatic heterocycles. The maximum atomic E-state index is 11.0. The third kappa shape index (κ3) is 12.8. The average molecular weight is 504 g/mol. The number of hydrogen-bond donors (Lipinski definition) is 0. The van der Waals surface area contributed by atoms with Gasteiger partial charge in [-0.15, -0.1) is 5.54 Å². The minimum absolute atomic E-state index is 0.164. The highest BCUT2D eigenvalue weighted by Gasteiger charge is 2.07. The van der Waals surface area contributed by atoms with Crippen LogP contribution in [0.5, 0.6) is 0 Å². The second-order valence-corrected chi connectivity index (χ2v) is 13.6. The van der Waals surface area contributed by atoms with Crippen molar-refractivity contribution in [3.8, 4) is 11.5 Å². The van der Waals surface area contributed by atoms with Gasteiger partial charge in [-0.05, 0) is 48.2 Å². The molecular weight excluding hydrogens is 472 g/mol. The van der Waals surface area contributed by atoms with Gasteiger partial charge in [0, 0.05) is 22.9 Å². The first-order valence-corrected chi connectivity index (χ1v) is 14.4. The van der Waals surface area contributed by atoms with Crippen molar-refractivity contribution in [2.24, 2.45) is 0 Å². The number of carbonyl (C=O) groups excluding carboxylic acids is 2. The molecule has 0 fully saturated rings. The van der Waals surface area contributed by atoms with Gasteiger partial charge >= 0.3 is 11.9 Å². The molecule has 0 aliphatic heterocycles. The Balaban J connectivity index is 0.000000327. The molecule has 2 aromatic rings. The van der Waals surface area contributed by atoms with E-state index < -0.39 is 8.07 Å². The van der Waals surface area contributed by atoms with Crippen molar-refractivity contribution in [2.75, 3.05) is 14.2 Å². The van der Waals surface area contributed by atoms with Gasteiger partial charge < -0.3 is 9.47 Å². The van der Waals surface area contributed by atoms with Crippen molar-refractivity contribution in [3.63, 3.8) is 0 Å². The van der Waals surface area contributed by atoms with E-state index >= 15 is 0 Å². The Bertz CT molecular complexity index is 888. The van der Waals surface area contributed by atoms with Crippen LogP contribution in [0.15, 0.2) is 53.0 Å². The van der Waals surface area contributed by atoms with Crippen LogP contribution in [-0.2, 0) is 31.9 Å². The van der Waals surface area contributed by atoms with E-state index in [9.17, 15) is 9.59 Å². The first-order valence-electron chi connectivity index (χ1n) is 10.1. The normalized spacial score (nSPS) is 10.1. The number of ether oxygens (including phenoxy) is 2. The molecule has 31 heavy (non-hydrogen) atoms. The topological polar surface area (TPSA) is 52.6 Å². The van der Waals surface area contributed by atoms with E-state index in [1.807, 2.05) is 48.5 Å². The molecule has 166 valence electrons. The van der Waals surface area contributed by atoms with Crippen molar-refractivity contribution >= 4 is 35.9 Å². The fraction of sp³-hybridized carbons (Fsp3) is 0.360. The summed E-state index contributed by atoms with van der Waals surface area (Å²) in [5.41, 5.74) is 6.66. The van der Waals surface area contributed by atoms with Crippen molar-refractivity contribution < 1.29 is 19.1 Å². The first kappa shape index (κ1) is 26.7. The van der Waals surface area contributed by atoms with E-state index in [1.165, 1.54) is 14.2 Å². The highest BCUT2D eigenvalue weighted by atomic mass is 79.9. The number of methoxy groups -OCH3 is 2. The Kier molecular flexibility index (Phi) is 11.9. The van der Waals surface area contributed by atoms with Crippen LogP contribution < -0.4 is 0 Å². The van der Waals surface area contributed by atoms with Crippen LogP contribution in [-0.4, -0.2) is 34.2 Å². The summed E-state index contributed by atoms with van der Waals surface area (Å²) in [6, 6.07) is 16.0. The Labute approximate surface area is 195 Å². The van der Waals surface area contributed by atoms with Gasteiger partial charge in [0.05, 0.1) is 14.2 Å². The molecule has 0 saturated carbocycles. The lowest BCUT2D eigenvalue weighted by Gasteiger charge is -2.04. The van der Waals surface area contributed by atoms with Gasteiger partial charge in [0.1, 0.15) is 8.07 Å². The Morgan fingerprint density at radius 1 is 0.806 bits per heavy atom. The SMILES string of the molecule is COC(=O)CCc1ccc(Br)cc1.COC(=O)CCc1ccc(C#C[Si](C)(C)C)cc1. The molecular formula is C25H31BrO4Si. The quantitative estimate of drug-likeness (QED) is 0.294. The zero-order valence-electron chi connectivity index (χ0n) is 19.0. The Morgan fingerprint density at radius 3 is 1.61 bits per heavy atom. The Hall–Kier alpha value is -2.36. The zero-order chi connectivity index (χ0) is 23.3. The summed E-state index contributed by atoms with van der Waals surface area (Å²) in [5.74, 6) is 2.88. The summed E-state index contributed by atoms with van der Waals surface area (Å²) < 4.78 is 10.2. The van der Waals surface area contributed by atoms with Crippen LogP contribution >= 0.6 is 15.9 Å². The second kappa shape index (κ2) is 13.8. The first-order chi connectivity index (χ1) is 14.6. The lowest BCUT2D eigenvalue weighted by molar-refractivity contribution is -0.141. The van der Waals surface area contributed by atoms with Crippen LogP contribution in [0.2, 0.25) is 19.6 Å². The van der Waals surface area contributed by atoms with E-state index in [0.29, 0.717) is 19.3 Å². The summed E-state index contributed by atoms with van der Waals surface area (Å²) in [6.07, 6.45) is 2.32. The maximum Gasteiger partial charge on any atom is 0.305 e. The number of halogens is 1. The summed E-state index contributed by atoms with van der Waals surface area (Å²) in [4.78, 5) is 21.8. The van der Waals surface area contributed by atoms with Crippen LogP contribution in [0, 0.1) is 11.5 Å². The maximum absolute atomic E-state index is 11.0. The monoisotopic (exact) mass is 502 g/mol. The van der Waals surface area contributed by atoms with Gasteiger partial charge in [-0.2, -0.15) is 0 Å². The zero-order valence-corrected chi connectivity index (χ0v) is 21.5. The summed E-state index contributed by atoms with van der Waals surface area (Å²) in [7, 11) is 1.51. The summed E-state index contributed by atoms with van der Waals surface area (Å²) in [6.45, 7) is 6.68. The standard InChI is InChI=1S/C15H20O2Si.C10H11BrO2/c1-17-15(16)10-9-13-5-7-14(8-6-13)11-12-18(2,3)4;1-13-10(12)7-4-8-2-5-9(11)6-3-8/h5-8H,9-10H2,1-4H3;2-3,5-6H,4,7H2,1H3. The number of esters is 2. The highest BCUT2D eigenvalue weighted by molar-refractivity contribution is 9.10. The van der Waals surface area contributed by atoms with Crippen LogP contribution in [0.25, 0.3) is 0 Å². The number of benzene rings is 2. The van der Waals surface area contributed by atoms with Gasteiger partial charge in [-0.25, -0.2) is 0 Å². The lowest BCUT2D eigenvalue weighted by atomic mass is 10.1. The van der Waals surface area contributed by atoms with E-state index in [2.05, 4.69) is 56.5 Å². The fourth-order valence-electron chi connectivity index (χ4n) is 2.36. The van der Waals surface area contributed by atoms with Gasteiger partial charge in [0.25, 0.3) is 0 Å². The molecule has 0 saturated heterocycles. The van der Waals surface area contributed by atoms with Crippen LogP contribution in [0.3, 0.4) is 0 Å². The van der Waals surface area contributed by atoms with E-state index in [-0.39, 0.29) is 11.9 Å². The molecule has 0 spiro atoms. The molecule has 0 aliphatic rings. The highest BCUT2D eigenvalue weighted by Crippen LogP contribution is 2.12. The lowest BCUT2D eigenvalue weighted by Crippen LogP contribution is -2.16. The molecule has 0 atom stereocenters. The van der Waals surface area contributed by atoms with Gasteiger partial charge in [0.15, 0.2) is 0 Å². The molecule has 0 aliphatic carbocycles. The molecule has 2 rings (SSSR count). The molecule has 0 amide bonds. The number of rotatable bonds is 6. The molecule has 0 heterocycles. The van der Waals surface area contributed by atoms with Crippen molar-refractivity contribution in [3.05, 3.63) is 69.7 Å². The van der Waals surface area contributed by atoms with E-state index in [1.54, 1.807) is 0 Å². The molecule has 4 nitrogen and oxygen atoms in total. The van der Waals surface area contributed by atoms with Gasteiger partial charge in [0.2, 0.25) is 0 Å². The van der Waals surface area contributed by atoms with Gasteiger partial charge in [-0.1, -0.05) is 65.8 Å². The van der Waals surface area contributed by atoms with E-state index in [0.717, 1.165) is 27.6 Å². The minimum Gasteiger partial charge on any atom is -0.469 e. The fourth-order valence-corrected chi connectivity index (χ4v) is 3.15. The molecule has 0 unspecified atom stereocenters. The predicted molar refractivity (Wildman–Crippen MR) is 131 cm³/mol. The summed E-state index contributed by atoms with van der Waals surface area (Å²) in [5, 5.41) is 0. The third-order valence-electron chi connectivity index (χ3n) is 4.14. The third-order valence-corrected chi connectivity index (χ3v) is 5.54. The van der Waals surface area contributed by atoms with Crippen LogP contribution in [0.4, 0.5) is 0 Å². The molecule has 6 heteroatoms. The van der Waals surface area contributed by atoms with Crippen molar-refractivity contribution in [1.82, 2.24) is 0 Å². The molecule has 0 radical (unpaired) electrons. The molecule has 2 aromatic carbocycles. The Morgan fingerprint density at radius 2 is 1.23 bits per heavy atom. The van der Waals surface area contributed by atoms with Crippen molar-refractivity contribution in [2.45, 2.75) is 45.3 Å². The number of aryl methyl sites for hydroxylation is 2. The molecule has 0 bridgehead atoms. The predicted octanol–water partition coefficient (Wildman–Crippen LogP) is 5.58. The minimum atomic E-state index is -1.31. The largest absolute Gasteiger partial charge is 0.469 e. The van der Waals surface area contributed by atoms with E-state index in [4.69, 9.17) is 0 Å². The molecule has 0 N–H and O–H groups in total. The number of carbonyl (C=O) groups is 2. The summed E-state index contributed by atoms with van der Waals surface area (Å²) >= 11 is 3.35. The number of hydrogen-bond acceptors (Lipinski definition) is 4. The van der Waals surface area contributed by atoms with Gasteiger partial charge in [-0.3, -0.25) is 9.59 Å². The van der Waals surface area contributed by atoms with Crippen molar-refractivity contribution in [1.29, 1.82) is 0 Å². The second-order valence-electron chi connectivity index (χ2n) is 7.98. The van der Waals surface area contributed by atoms with Crippen LogP contribution in [0.1, 0.15) is 29.5 Å².